The van der Waals surface area contributed by atoms with Crippen molar-refractivity contribution in [1.82, 2.24) is 0 Å². The van der Waals surface area contributed by atoms with E-state index in [2.05, 4.69) is 5.32 Å². The predicted octanol–water partition coefficient (Wildman–Crippen LogP) is 3.53. The lowest BCUT2D eigenvalue weighted by atomic mass is 10.2. The van der Waals surface area contributed by atoms with Gasteiger partial charge in [-0.2, -0.15) is 5.26 Å². The first-order valence-corrected chi connectivity index (χ1v) is 7.26. The van der Waals surface area contributed by atoms with Crippen LogP contribution in [0.5, 0.6) is 0 Å². The van der Waals surface area contributed by atoms with E-state index in [1.54, 1.807) is 18.2 Å². The van der Waals surface area contributed by atoms with E-state index >= 15 is 0 Å². The van der Waals surface area contributed by atoms with Gasteiger partial charge in [-0.1, -0.05) is 23.7 Å². The highest BCUT2D eigenvalue weighted by Crippen LogP contribution is 2.17. The summed E-state index contributed by atoms with van der Waals surface area (Å²) in [6, 6.07) is 11.8. The van der Waals surface area contributed by atoms with Crippen molar-refractivity contribution in [3.05, 3.63) is 64.4 Å². The molecule has 1 N–H and O–H groups in total. The lowest BCUT2D eigenvalue weighted by molar-refractivity contribution is -0.123. The van der Waals surface area contributed by atoms with Crippen molar-refractivity contribution >= 4 is 29.2 Å². The molecule has 0 unspecified atom stereocenters. The highest BCUT2D eigenvalue weighted by atomic mass is 35.5. The molecule has 0 radical (unpaired) electrons. The molecule has 1 amide bonds. The molecule has 122 valence electrons. The summed E-state index contributed by atoms with van der Waals surface area (Å²) in [5.74, 6) is -2.45. The number of amides is 1. The maximum Gasteiger partial charge on any atom is 0.341 e. The van der Waals surface area contributed by atoms with Crippen LogP contribution in [0.1, 0.15) is 22.8 Å². The molecule has 0 bridgehead atoms. The Morgan fingerprint density at radius 2 is 2.00 bits per heavy atom. The van der Waals surface area contributed by atoms with Crippen LogP contribution in [0.2, 0.25) is 5.02 Å². The van der Waals surface area contributed by atoms with Crippen LogP contribution in [0.3, 0.4) is 0 Å². The minimum atomic E-state index is -1.19. The summed E-state index contributed by atoms with van der Waals surface area (Å²) in [6.45, 7) is 1.34. The van der Waals surface area contributed by atoms with Crippen molar-refractivity contribution in [2.24, 2.45) is 0 Å². The third-order valence-electron chi connectivity index (χ3n) is 3.11. The molecule has 2 aromatic carbocycles. The number of carbonyl (C=O) groups is 2. The molecule has 7 heteroatoms. The van der Waals surface area contributed by atoms with Crippen LogP contribution in [0.4, 0.5) is 10.1 Å². The third kappa shape index (κ3) is 4.09. The Labute approximate surface area is 142 Å². The number of benzene rings is 2. The Balaban J connectivity index is 2.07. The Morgan fingerprint density at radius 3 is 2.71 bits per heavy atom. The van der Waals surface area contributed by atoms with Crippen LogP contribution in [0.25, 0.3) is 0 Å². The Kier molecular flexibility index (Phi) is 5.51. The molecule has 0 fully saturated rings. The quantitative estimate of drug-likeness (QED) is 0.859. The SMILES string of the molecule is C[C@H](OC(=O)c1cc(Cl)ccc1F)C(=O)Nc1ccccc1C#N. The predicted molar refractivity (Wildman–Crippen MR) is 86.1 cm³/mol. The summed E-state index contributed by atoms with van der Waals surface area (Å²) in [5, 5.41) is 11.6. The molecule has 0 saturated heterocycles. The summed E-state index contributed by atoms with van der Waals surface area (Å²) in [6.07, 6.45) is -1.19. The Hall–Kier alpha value is -2.91. The molecule has 0 saturated carbocycles. The molecular formula is C17H12ClFN2O3. The Bertz CT molecular complexity index is 833. The zero-order valence-corrected chi connectivity index (χ0v) is 13.3. The second-order valence-electron chi connectivity index (χ2n) is 4.82. The van der Waals surface area contributed by atoms with E-state index in [0.717, 1.165) is 12.1 Å². The maximum atomic E-state index is 13.6. The fourth-order valence-corrected chi connectivity index (χ4v) is 2.03. The molecule has 2 rings (SSSR count). The number of nitrogens with one attached hydrogen (secondary N) is 1. The topological polar surface area (TPSA) is 79.2 Å². The molecule has 24 heavy (non-hydrogen) atoms. The van der Waals surface area contributed by atoms with E-state index in [4.69, 9.17) is 21.6 Å². The van der Waals surface area contributed by atoms with Gasteiger partial charge in [-0.05, 0) is 37.3 Å². The molecule has 0 spiro atoms. The molecule has 0 aliphatic rings. The fourth-order valence-electron chi connectivity index (χ4n) is 1.86. The normalized spacial score (nSPS) is 11.2. The number of para-hydroxylation sites is 1. The summed E-state index contributed by atoms with van der Waals surface area (Å²) >= 11 is 5.72. The van der Waals surface area contributed by atoms with E-state index in [-0.39, 0.29) is 16.1 Å². The smallest absolute Gasteiger partial charge is 0.341 e. The van der Waals surface area contributed by atoms with E-state index in [9.17, 15) is 14.0 Å². The van der Waals surface area contributed by atoms with Crippen LogP contribution >= 0.6 is 11.6 Å². The summed E-state index contributed by atoms with van der Waals surface area (Å²) < 4.78 is 18.6. The zero-order chi connectivity index (χ0) is 17.7. The van der Waals surface area contributed by atoms with E-state index < -0.39 is 23.8 Å². The number of anilines is 1. The average molecular weight is 347 g/mol. The molecule has 2 aromatic rings. The van der Waals surface area contributed by atoms with E-state index in [1.165, 1.54) is 19.1 Å². The van der Waals surface area contributed by atoms with Gasteiger partial charge in [0.25, 0.3) is 5.91 Å². The first kappa shape index (κ1) is 17.4. The number of nitrogens with zero attached hydrogens (tertiary/aromatic N) is 1. The van der Waals surface area contributed by atoms with Crippen molar-refractivity contribution in [3.8, 4) is 6.07 Å². The number of hydrogen-bond acceptors (Lipinski definition) is 4. The van der Waals surface area contributed by atoms with Crippen LogP contribution in [0, 0.1) is 17.1 Å². The van der Waals surface area contributed by atoms with Gasteiger partial charge in [-0.25, -0.2) is 9.18 Å². The summed E-state index contributed by atoms with van der Waals surface area (Å²) in [5.41, 5.74) is 0.201. The molecule has 0 heterocycles. The van der Waals surface area contributed by atoms with E-state index in [1.807, 2.05) is 6.07 Å². The van der Waals surface area contributed by atoms with Crippen molar-refractivity contribution < 1.29 is 18.7 Å². The molecule has 1 atom stereocenters. The van der Waals surface area contributed by atoms with Crippen LogP contribution < -0.4 is 5.32 Å². The van der Waals surface area contributed by atoms with Gasteiger partial charge in [0.15, 0.2) is 6.10 Å². The zero-order valence-electron chi connectivity index (χ0n) is 12.5. The maximum absolute atomic E-state index is 13.6. The third-order valence-corrected chi connectivity index (χ3v) is 3.34. The number of carbonyl (C=O) groups excluding carboxylic acids is 2. The number of hydrogen-bond donors (Lipinski definition) is 1. The van der Waals surface area contributed by atoms with Crippen molar-refractivity contribution in [3.63, 3.8) is 0 Å². The molecular weight excluding hydrogens is 335 g/mol. The first-order valence-electron chi connectivity index (χ1n) is 6.88. The van der Waals surface area contributed by atoms with Gasteiger partial charge in [0.2, 0.25) is 0 Å². The van der Waals surface area contributed by atoms with Crippen LogP contribution in [-0.2, 0) is 9.53 Å². The summed E-state index contributed by atoms with van der Waals surface area (Å²) in [4.78, 5) is 24.0. The fraction of sp³-hybridized carbons (Fsp3) is 0.118. The highest BCUT2D eigenvalue weighted by Gasteiger charge is 2.22. The highest BCUT2D eigenvalue weighted by molar-refractivity contribution is 6.30. The van der Waals surface area contributed by atoms with Gasteiger partial charge in [-0.15, -0.1) is 0 Å². The average Bonchev–Trinajstić information content (AvgIpc) is 2.57. The number of halogens is 2. The first-order chi connectivity index (χ1) is 11.4. The summed E-state index contributed by atoms with van der Waals surface area (Å²) in [7, 11) is 0. The number of rotatable bonds is 4. The number of nitriles is 1. The standard InChI is InChI=1S/C17H12ClFN2O3/c1-10(16(22)21-15-5-3-2-4-11(15)9-20)24-17(23)13-8-12(18)6-7-14(13)19/h2-8,10H,1H3,(H,21,22)/t10-/m0/s1. The van der Waals surface area contributed by atoms with Crippen LogP contribution in [-0.4, -0.2) is 18.0 Å². The van der Waals surface area contributed by atoms with Gasteiger partial charge in [0.1, 0.15) is 11.9 Å². The molecule has 0 aliphatic carbocycles. The van der Waals surface area contributed by atoms with Gasteiger partial charge >= 0.3 is 5.97 Å². The number of esters is 1. The minimum Gasteiger partial charge on any atom is -0.449 e. The number of ether oxygens (including phenoxy) is 1. The van der Waals surface area contributed by atoms with Gasteiger partial charge in [0, 0.05) is 5.02 Å². The van der Waals surface area contributed by atoms with Crippen molar-refractivity contribution in [2.75, 3.05) is 5.32 Å². The van der Waals surface area contributed by atoms with Crippen molar-refractivity contribution in [2.45, 2.75) is 13.0 Å². The lowest BCUT2D eigenvalue weighted by Gasteiger charge is -2.14. The molecule has 0 aromatic heterocycles. The van der Waals surface area contributed by atoms with E-state index in [0.29, 0.717) is 5.69 Å². The van der Waals surface area contributed by atoms with Gasteiger partial charge < -0.3 is 10.1 Å². The van der Waals surface area contributed by atoms with Crippen molar-refractivity contribution in [1.29, 1.82) is 5.26 Å². The monoisotopic (exact) mass is 346 g/mol. The second kappa shape index (κ2) is 7.57. The minimum absolute atomic E-state index is 0.170. The largest absolute Gasteiger partial charge is 0.449 e. The van der Waals surface area contributed by atoms with Crippen LogP contribution in [0.15, 0.2) is 42.5 Å². The molecule has 5 nitrogen and oxygen atoms in total. The molecule has 0 aliphatic heterocycles. The Morgan fingerprint density at radius 1 is 1.29 bits per heavy atom. The second-order valence-corrected chi connectivity index (χ2v) is 5.25. The van der Waals surface area contributed by atoms with Gasteiger partial charge in [-0.3, -0.25) is 4.79 Å². The van der Waals surface area contributed by atoms with Gasteiger partial charge in [0.05, 0.1) is 16.8 Å². The lowest BCUT2D eigenvalue weighted by Crippen LogP contribution is -2.30.